The van der Waals surface area contributed by atoms with Gasteiger partial charge in [0.05, 0.1) is 6.61 Å². The van der Waals surface area contributed by atoms with Crippen LogP contribution in [0.5, 0.6) is 0 Å². The van der Waals surface area contributed by atoms with Gasteiger partial charge < -0.3 is 9.84 Å². The summed E-state index contributed by atoms with van der Waals surface area (Å²) in [5, 5.41) is 8.65. The topological polar surface area (TPSA) is 46.5 Å². The summed E-state index contributed by atoms with van der Waals surface area (Å²) >= 11 is 0. The maximum atomic E-state index is 10.5. The molecule has 0 aliphatic carbocycles. The van der Waals surface area contributed by atoms with E-state index in [4.69, 9.17) is 9.84 Å². The molecule has 24 heavy (non-hydrogen) atoms. The van der Waals surface area contributed by atoms with E-state index in [9.17, 15) is 4.79 Å². The predicted molar refractivity (Wildman–Crippen MR) is 102 cm³/mol. The van der Waals surface area contributed by atoms with Crippen LogP contribution in [0.3, 0.4) is 0 Å². The fourth-order valence-corrected chi connectivity index (χ4v) is 1.75. The molecule has 0 aromatic rings. The molecule has 0 aliphatic heterocycles. The Morgan fingerprint density at radius 2 is 1.25 bits per heavy atom. The molecule has 1 atom stereocenters. The minimum Gasteiger partial charge on any atom is -0.479 e. The van der Waals surface area contributed by atoms with E-state index in [2.05, 4.69) is 61.6 Å². The highest BCUT2D eigenvalue weighted by Gasteiger charge is 2.09. The van der Waals surface area contributed by atoms with E-state index < -0.39 is 12.1 Å². The largest absolute Gasteiger partial charge is 0.479 e. The Bertz CT molecular complexity index is 442. The fourth-order valence-electron chi connectivity index (χ4n) is 1.75. The van der Waals surface area contributed by atoms with E-state index in [0.29, 0.717) is 6.61 Å². The van der Waals surface area contributed by atoms with E-state index in [-0.39, 0.29) is 0 Å². The quantitative estimate of drug-likeness (QED) is 0.332. The van der Waals surface area contributed by atoms with Crippen molar-refractivity contribution in [3.8, 4) is 0 Å². The van der Waals surface area contributed by atoms with Gasteiger partial charge in [0.15, 0.2) is 6.10 Å². The van der Waals surface area contributed by atoms with Gasteiger partial charge in [0.1, 0.15) is 0 Å². The summed E-state index contributed by atoms with van der Waals surface area (Å²) in [6, 6.07) is 0. The average Bonchev–Trinajstić information content (AvgIpc) is 2.57. The van der Waals surface area contributed by atoms with Gasteiger partial charge in [0.2, 0.25) is 0 Å². The number of hydrogen-bond donors (Lipinski definition) is 1. The number of carboxylic acid groups (broad SMARTS) is 1. The third kappa shape index (κ3) is 16.5. The van der Waals surface area contributed by atoms with Gasteiger partial charge in [0.25, 0.3) is 0 Å². The number of rotatable bonds is 14. The highest BCUT2D eigenvalue weighted by molar-refractivity contribution is 5.71. The second kappa shape index (κ2) is 17.5. The maximum absolute atomic E-state index is 10.5. The van der Waals surface area contributed by atoms with Crippen molar-refractivity contribution in [3.63, 3.8) is 0 Å². The van der Waals surface area contributed by atoms with Crippen LogP contribution in [-0.4, -0.2) is 23.8 Å². The summed E-state index contributed by atoms with van der Waals surface area (Å²) < 4.78 is 5.14. The number of carboxylic acids is 1. The van der Waals surface area contributed by atoms with Gasteiger partial charge in [0, 0.05) is 0 Å². The zero-order chi connectivity index (χ0) is 17.9. The van der Waals surface area contributed by atoms with Crippen LogP contribution in [0, 0.1) is 0 Å². The van der Waals surface area contributed by atoms with Gasteiger partial charge in [-0.2, -0.15) is 0 Å². The number of carbonyl (C=O) groups is 1. The van der Waals surface area contributed by atoms with Crippen molar-refractivity contribution in [2.24, 2.45) is 0 Å². The van der Waals surface area contributed by atoms with Crippen LogP contribution in [0.25, 0.3) is 0 Å². The molecule has 0 aromatic heterocycles. The highest BCUT2D eigenvalue weighted by atomic mass is 16.5. The maximum Gasteiger partial charge on any atom is 0.332 e. The Kier molecular flexibility index (Phi) is 16.1. The number of ether oxygens (including phenoxy) is 1. The second-order valence-electron chi connectivity index (χ2n) is 5.35. The third-order valence-corrected chi connectivity index (χ3v) is 3.16. The van der Waals surface area contributed by atoms with Crippen LogP contribution in [0.1, 0.15) is 52.4 Å². The minimum absolute atomic E-state index is 0.443. The molecule has 0 spiro atoms. The normalized spacial score (nSPS) is 14.1. The monoisotopic (exact) mass is 332 g/mol. The molecule has 0 aliphatic rings. The van der Waals surface area contributed by atoms with Crippen molar-refractivity contribution < 1.29 is 14.6 Å². The summed E-state index contributed by atoms with van der Waals surface area (Å²) in [5.74, 6) is -0.918. The van der Waals surface area contributed by atoms with Crippen LogP contribution in [-0.2, 0) is 9.53 Å². The Balaban J connectivity index is 3.51. The minimum atomic E-state index is -0.918. The Labute approximate surface area is 147 Å². The van der Waals surface area contributed by atoms with Gasteiger partial charge in [-0.1, -0.05) is 67.7 Å². The van der Waals surface area contributed by atoms with E-state index >= 15 is 0 Å². The van der Waals surface area contributed by atoms with Crippen LogP contribution in [0.15, 0.2) is 60.8 Å². The van der Waals surface area contributed by atoms with Gasteiger partial charge in [-0.15, -0.1) is 0 Å². The lowest BCUT2D eigenvalue weighted by molar-refractivity contribution is -0.149. The molecule has 0 aromatic carbocycles. The smallest absolute Gasteiger partial charge is 0.332 e. The lowest BCUT2D eigenvalue weighted by Gasteiger charge is -2.05. The molecule has 0 heterocycles. The van der Waals surface area contributed by atoms with E-state index in [1.54, 1.807) is 6.92 Å². The first-order valence-corrected chi connectivity index (χ1v) is 8.77. The predicted octanol–water partition coefficient (Wildman–Crippen LogP) is 5.62. The molecule has 1 unspecified atom stereocenters. The molecule has 0 bridgehead atoms. The molecular weight excluding hydrogens is 300 g/mol. The van der Waals surface area contributed by atoms with Crippen LogP contribution in [0.2, 0.25) is 0 Å². The molecule has 0 radical (unpaired) electrons. The summed E-state index contributed by atoms with van der Waals surface area (Å²) in [6.07, 6.45) is 26.5. The van der Waals surface area contributed by atoms with Crippen LogP contribution in [0.4, 0.5) is 0 Å². The molecule has 1 N–H and O–H groups in total. The third-order valence-electron chi connectivity index (χ3n) is 3.16. The standard InChI is InChI=1S/C21H32O3/c1-3-4-5-6-7-8-9-10-11-12-13-14-15-16-17-18-19-24-20(2)21(22)23/h4-5,7-8,10-11,13-14,16-17,20H,3,6,9,12,15,18-19H2,1-2H3,(H,22,23). The summed E-state index contributed by atoms with van der Waals surface area (Å²) in [5.41, 5.74) is 0. The van der Waals surface area contributed by atoms with Crippen LogP contribution < -0.4 is 0 Å². The zero-order valence-electron chi connectivity index (χ0n) is 15.1. The van der Waals surface area contributed by atoms with Gasteiger partial charge in [-0.25, -0.2) is 4.79 Å². The molecule has 3 heteroatoms. The molecule has 0 saturated heterocycles. The highest BCUT2D eigenvalue weighted by Crippen LogP contribution is 1.97. The number of hydrogen-bond acceptors (Lipinski definition) is 2. The van der Waals surface area contributed by atoms with Crippen molar-refractivity contribution in [2.75, 3.05) is 6.61 Å². The Morgan fingerprint density at radius 1 is 0.833 bits per heavy atom. The van der Waals surface area contributed by atoms with Crippen molar-refractivity contribution in [3.05, 3.63) is 60.8 Å². The first kappa shape index (κ1) is 22.1. The van der Waals surface area contributed by atoms with Gasteiger partial charge in [-0.05, 0) is 45.4 Å². The first-order chi connectivity index (χ1) is 11.7. The molecule has 0 rings (SSSR count). The molecule has 0 saturated carbocycles. The summed E-state index contributed by atoms with van der Waals surface area (Å²) in [4.78, 5) is 10.5. The van der Waals surface area contributed by atoms with Crippen molar-refractivity contribution in [1.82, 2.24) is 0 Å². The fraction of sp³-hybridized carbons (Fsp3) is 0.476. The first-order valence-electron chi connectivity index (χ1n) is 8.77. The Morgan fingerprint density at radius 3 is 1.67 bits per heavy atom. The molecule has 0 fully saturated rings. The second-order valence-corrected chi connectivity index (χ2v) is 5.35. The van der Waals surface area contributed by atoms with Gasteiger partial charge in [-0.3, -0.25) is 0 Å². The number of aliphatic carboxylic acids is 1. The molecule has 134 valence electrons. The van der Waals surface area contributed by atoms with E-state index in [1.807, 2.05) is 6.08 Å². The summed E-state index contributed by atoms with van der Waals surface area (Å²) in [6.45, 7) is 4.13. The molecule has 0 amide bonds. The van der Waals surface area contributed by atoms with Crippen molar-refractivity contribution in [2.45, 2.75) is 58.5 Å². The average molecular weight is 332 g/mol. The number of allylic oxidation sites excluding steroid dienone is 9. The van der Waals surface area contributed by atoms with Crippen molar-refractivity contribution in [1.29, 1.82) is 0 Å². The van der Waals surface area contributed by atoms with Crippen molar-refractivity contribution >= 4 is 5.97 Å². The van der Waals surface area contributed by atoms with E-state index in [0.717, 1.165) is 38.5 Å². The lowest BCUT2D eigenvalue weighted by Crippen LogP contribution is -2.20. The van der Waals surface area contributed by atoms with Gasteiger partial charge >= 0.3 is 5.97 Å². The lowest BCUT2D eigenvalue weighted by atomic mass is 10.2. The molecular formula is C21H32O3. The Hall–Kier alpha value is -1.87. The van der Waals surface area contributed by atoms with E-state index in [1.165, 1.54) is 0 Å². The zero-order valence-corrected chi connectivity index (χ0v) is 15.1. The van der Waals surface area contributed by atoms with Crippen LogP contribution >= 0.6 is 0 Å². The summed E-state index contributed by atoms with van der Waals surface area (Å²) in [7, 11) is 0. The molecule has 3 nitrogen and oxygen atoms in total. The SMILES string of the molecule is CCC=CCC=CCC=CCC=CCC=CCCOC(C)C(=O)O.